The second-order valence-electron chi connectivity index (χ2n) is 6.26. The van der Waals surface area contributed by atoms with Crippen molar-refractivity contribution in [2.24, 2.45) is 18.7 Å². The topological polar surface area (TPSA) is 53.1 Å². The standard InChI is InChI=1S/C15H25N3OS/c1-11-9-13(18(2)17-11)14(16)12-3-6-19-15(10-12)4-7-20-8-5-15/h9,12,14H,3-8,10,16H2,1-2H3. The summed E-state index contributed by atoms with van der Waals surface area (Å²) in [5.74, 6) is 2.97. The Kier molecular flexibility index (Phi) is 4.11. The number of aromatic nitrogens is 2. The highest BCUT2D eigenvalue weighted by Gasteiger charge is 2.41. The first-order valence-corrected chi connectivity index (χ1v) is 8.73. The molecule has 2 saturated heterocycles. The fourth-order valence-electron chi connectivity index (χ4n) is 3.65. The van der Waals surface area contributed by atoms with Crippen LogP contribution in [-0.4, -0.2) is 33.5 Å². The van der Waals surface area contributed by atoms with Gasteiger partial charge in [-0.1, -0.05) is 0 Å². The molecule has 5 heteroatoms. The zero-order valence-electron chi connectivity index (χ0n) is 12.5. The van der Waals surface area contributed by atoms with Gasteiger partial charge in [-0.25, -0.2) is 0 Å². The summed E-state index contributed by atoms with van der Waals surface area (Å²) in [6, 6.07) is 2.21. The first-order valence-electron chi connectivity index (χ1n) is 7.57. The number of hydrogen-bond donors (Lipinski definition) is 1. The predicted octanol–water partition coefficient (Wildman–Crippen LogP) is 2.42. The lowest BCUT2D eigenvalue weighted by Gasteiger charge is -2.44. The monoisotopic (exact) mass is 295 g/mol. The molecule has 0 aromatic carbocycles. The van der Waals surface area contributed by atoms with Crippen LogP contribution in [0.4, 0.5) is 0 Å². The molecule has 0 aliphatic carbocycles. The van der Waals surface area contributed by atoms with E-state index in [0.29, 0.717) is 5.92 Å². The van der Waals surface area contributed by atoms with E-state index < -0.39 is 0 Å². The van der Waals surface area contributed by atoms with Crippen LogP contribution in [0.3, 0.4) is 0 Å². The highest BCUT2D eigenvalue weighted by atomic mass is 32.2. The van der Waals surface area contributed by atoms with Gasteiger partial charge in [0.1, 0.15) is 0 Å². The Hall–Kier alpha value is -0.520. The van der Waals surface area contributed by atoms with Gasteiger partial charge in [-0.3, -0.25) is 4.68 Å². The van der Waals surface area contributed by atoms with Crippen LogP contribution in [0, 0.1) is 12.8 Å². The molecule has 1 aromatic heterocycles. The minimum atomic E-state index is 0.0801. The SMILES string of the molecule is Cc1cc(C(N)C2CCOC3(CCSCC3)C2)n(C)n1. The lowest BCUT2D eigenvalue weighted by Crippen LogP contribution is -2.45. The van der Waals surface area contributed by atoms with Crippen molar-refractivity contribution in [1.82, 2.24) is 9.78 Å². The van der Waals surface area contributed by atoms with E-state index in [-0.39, 0.29) is 11.6 Å². The Morgan fingerprint density at radius 3 is 2.90 bits per heavy atom. The van der Waals surface area contributed by atoms with Gasteiger partial charge >= 0.3 is 0 Å². The van der Waals surface area contributed by atoms with Gasteiger partial charge in [0, 0.05) is 19.7 Å². The molecule has 3 rings (SSSR count). The van der Waals surface area contributed by atoms with E-state index in [4.69, 9.17) is 10.5 Å². The molecule has 2 N–H and O–H groups in total. The molecule has 2 atom stereocenters. The van der Waals surface area contributed by atoms with E-state index in [1.165, 1.54) is 24.3 Å². The molecule has 2 aliphatic rings. The van der Waals surface area contributed by atoms with Gasteiger partial charge in [-0.05, 0) is 56.1 Å². The molecule has 2 fully saturated rings. The van der Waals surface area contributed by atoms with Gasteiger partial charge in [-0.15, -0.1) is 0 Å². The first kappa shape index (κ1) is 14.4. The number of thioether (sulfide) groups is 1. The number of hydrogen-bond acceptors (Lipinski definition) is 4. The minimum Gasteiger partial charge on any atom is -0.375 e. The molecule has 2 unspecified atom stereocenters. The first-order chi connectivity index (χ1) is 9.60. The summed E-state index contributed by atoms with van der Waals surface area (Å²) in [7, 11) is 1.99. The van der Waals surface area contributed by atoms with Crippen molar-refractivity contribution in [2.45, 2.75) is 44.2 Å². The van der Waals surface area contributed by atoms with Gasteiger partial charge in [0.15, 0.2) is 0 Å². The summed E-state index contributed by atoms with van der Waals surface area (Å²) >= 11 is 2.05. The van der Waals surface area contributed by atoms with Crippen molar-refractivity contribution in [1.29, 1.82) is 0 Å². The lowest BCUT2D eigenvalue weighted by atomic mass is 9.78. The van der Waals surface area contributed by atoms with Crippen LogP contribution in [0.1, 0.15) is 43.1 Å². The summed E-state index contributed by atoms with van der Waals surface area (Å²) in [6.07, 6.45) is 4.55. The van der Waals surface area contributed by atoms with E-state index in [9.17, 15) is 0 Å². The Morgan fingerprint density at radius 1 is 1.50 bits per heavy atom. The number of aryl methyl sites for hydroxylation is 2. The fourth-order valence-corrected chi connectivity index (χ4v) is 4.88. The molecule has 0 saturated carbocycles. The average molecular weight is 295 g/mol. The van der Waals surface area contributed by atoms with Crippen LogP contribution in [-0.2, 0) is 11.8 Å². The van der Waals surface area contributed by atoms with Gasteiger partial charge in [0.25, 0.3) is 0 Å². The average Bonchev–Trinajstić information content (AvgIpc) is 2.78. The van der Waals surface area contributed by atoms with Crippen molar-refractivity contribution in [3.05, 3.63) is 17.5 Å². The molecule has 0 bridgehead atoms. The fraction of sp³-hybridized carbons (Fsp3) is 0.800. The third-order valence-electron chi connectivity index (χ3n) is 4.82. The van der Waals surface area contributed by atoms with E-state index in [1.54, 1.807) is 0 Å². The van der Waals surface area contributed by atoms with E-state index in [0.717, 1.165) is 30.8 Å². The summed E-state index contributed by atoms with van der Waals surface area (Å²) in [4.78, 5) is 0. The predicted molar refractivity (Wildman–Crippen MR) is 82.8 cm³/mol. The molecule has 20 heavy (non-hydrogen) atoms. The number of nitrogens with two attached hydrogens (primary N) is 1. The Labute approximate surface area is 125 Å². The second-order valence-corrected chi connectivity index (χ2v) is 7.48. The van der Waals surface area contributed by atoms with E-state index >= 15 is 0 Å². The zero-order valence-corrected chi connectivity index (χ0v) is 13.3. The van der Waals surface area contributed by atoms with Gasteiger partial charge < -0.3 is 10.5 Å². The third kappa shape index (κ3) is 2.76. The molecule has 2 aliphatic heterocycles. The van der Waals surface area contributed by atoms with Crippen LogP contribution in [0.5, 0.6) is 0 Å². The number of ether oxygens (including phenoxy) is 1. The maximum atomic E-state index is 6.55. The highest BCUT2D eigenvalue weighted by Crippen LogP contribution is 2.42. The van der Waals surface area contributed by atoms with E-state index in [2.05, 4.69) is 11.2 Å². The summed E-state index contributed by atoms with van der Waals surface area (Å²) < 4.78 is 8.11. The van der Waals surface area contributed by atoms with Crippen molar-refractivity contribution in [3.63, 3.8) is 0 Å². The van der Waals surface area contributed by atoms with Gasteiger partial charge in [0.05, 0.1) is 17.0 Å². The molecular formula is C15H25N3OS. The molecule has 1 aromatic rings. The van der Waals surface area contributed by atoms with Crippen molar-refractivity contribution >= 4 is 11.8 Å². The minimum absolute atomic E-state index is 0.0801. The van der Waals surface area contributed by atoms with Crippen LogP contribution in [0.2, 0.25) is 0 Å². The largest absolute Gasteiger partial charge is 0.375 e. The van der Waals surface area contributed by atoms with Gasteiger partial charge in [-0.2, -0.15) is 16.9 Å². The maximum absolute atomic E-state index is 6.55. The van der Waals surface area contributed by atoms with Crippen LogP contribution >= 0.6 is 11.8 Å². The highest BCUT2D eigenvalue weighted by molar-refractivity contribution is 7.99. The number of rotatable bonds is 2. The Bertz CT molecular complexity index is 462. The lowest BCUT2D eigenvalue weighted by molar-refractivity contribution is -0.106. The van der Waals surface area contributed by atoms with Crippen molar-refractivity contribution in [3.8, 4) is 0 Å². The summed E-state index contributed by atoms with van der Waals surface area (Å²) in [6.45, 7) is 2.89. The normalized spacial score (nSPS) is 27.6. The molecule has 4 nitrogen and oxygen atoms in total. The van der Waals surface area contributed by atoms with Crippen molar-refractivity contribution in [2.75, 3.05) is 18.1 Å². The van der Waals surface area contributed by atoms with Crippen LogP contribution in [0.15, 0.2) is 6.07 Å². The molecule has 0 amide bonds. The van der Waals surface area contributed by atoms with Gasteiger partial charge in [0.2, 0.25) is 0 Å². The van der Waals surface area contributed by atoms with Crippen LogP contribution in [0.25, 0.3) is 0 Å². The quantitative estimate of drug-likeness (QED) is 0.910. The molecule has 112 valence electrons. The Balaban J connectivity index is 1.74. The maximum Gasteiger partial charge on any atom is 0.0701 e. The zero-order chi connectivity index (χ0) is 14.2. The van der Waals surface area contributed by atoms with Crippen molar-refractivity contribution < 1.29 is 4.74 Å². The Morgan fingerprint density at radius 2 is 2.25 bits per heavy atom. The molecule has 3 heterocycles. The molecule has 1 spiro atoms. The number of nitrogens with zero attached hydrogens (tertiary/aromatic N) is 2. The molecule has 0 radical (unpaired) electrons. The smallest absolute Gasteiger partial charge is 0.0701 e. The van der Waals surface area contributed by atoms with E-state index in [1.807, 2.05) is 30.4 Å². The second kappa shape index (κ2) is 5.70. The van der Waals surface area contributed by atoms with Crippen LogP contribution < -0.4 is 5.73 Å². The third-order valence-corrected chi connectivity index (χ3v) is 5.81. The molecular weight excluding hydrogens is 270 g/mol. The summed E-state index contributed by atoms with van der Waals surface area (Å²) in [5, 5.41) is 4.43. The summed E-state index contributed by atoms with van der Waals surface area (Å²) in [5.41, 5.74) is 8.87.